The van der Waals surface area contributed by atoms with Crippen LogP contribution in [-0.4, -0.2) is 21.5 Å². The van der Waals surface area contributed by atoms with Crippen molar-refractivity contribution in [2.24, 2.45) is 10.7 Å². The van der Waals surface area contributed by atoms with Crippen molar-refractivity contribution in [1.82, 2.24) is 4.98 Å². The van der Waals surface area contributed by atoms with Crippen LogP contribution < -0.4 is 5.73 Å². The van der Waals surface area contributed by atoms with E-state index in [-0.39, 0.29) is 0 Å². The maximum atomic E-state index is 10.3. The van der Waals surface area contributed by atoms with E-state index in [1.165, 1.54) is 0 Å². The minimum absolute atomic E-state index is 0.305. The number of rotatable bonds is 1. The molecule has 0 bridgehead atoms. The molecule has 1 aromatic heterocycles. The molecule has 1 spiro atoms. The first-order valence-electron chi connectivity index (χ1n) is 5.85. The quantitative estimate of drug-likeness (QED) is 0.824. The minimum atomic E-state index is -0.405. The van der Waals surface area contributed by atoms with Crippen molar-refractivity contribution in [2.45, 2.75) is 18.4 Å². The lowest BCUT2D eigenvalue weighted by atomic mass is 10.1. The number of aromatic nitrogens is 1. The highest BCUT2D eigenvalue weighted by molar-refractivity contribution is 7.19. The van der Waals surface area contributed by atoms with Gasteiger partial charge in [-0.2, -0.15) is 0 Å². The van der Waals surface area contributed by atoms with Crippen LogP contribution in [0.25, 0.3) is 15.8 Å². The number of aliphatic hydroxyl groups excluding tert-OH is 1. The highest BCUT2D eigenvalue weighted by atomic mass is 32.1. The molecule has 1 aliphatic heterocycles. The van der Waals surface area contributed by atoms with Gasteiger partial charge < -0.3 is 10.8 Å². The molecular weight excluding hydrogens is 246 g/mol. The fraction of sp³-hybridized carbons (Fsp3) is 0.231. The predicted octanol–water partition coefficient (Wildman–Crippen LogP) is 2.47. The van der Waals surface area contributed by atoms with Crippen LogP contribution in [0, 0.1) is 0 Å². The first-order valence-corrected chi connectivity index (χ1v) is 6.67. The van der Waals surface area contributed by atoms with Crippen LogP contribution in [-0.2, 0) is 0 Å². The number of para-hydroxylation sites is 1. The van der Waals surface area contributed by atoms with Crippen molar-refractivity contribution in [3.63, 3.8) is 0 Å². The summed E-state index contributed by atoms with van der Waals surface area (Å²) in [5, 5.41) is 11.0. The van der Waals surface area contributed by atoms with Gasteiger partial charge in [-0.1, -0.05) is 12.1 Å². The van der Waals surface area contributed by atoms with Gasteiger partial charge in [0.05, 0.1) is 15.8 Å². The van der Waals surface area contributed by atoms with Gasteiger partial charge in [-0.3, -0.25) is 4.99 Å². The third kappa shape index (κ3) is 1.19. The third-order valence-electron chi connectivity index (χ3n) is 3.50. The van der Waals surface area contributed by atoms with E-state index in [1.807, 2.05) is 24.3 Å². The lowest BCUT2D eigenvalue weighted by molar-refractivity contribution is 0.369. The van der Waals surface area contributed by atoms with Crippen molar-refractivity contribution in [1.29, 1.82) is 0 Å². The topological polar surface area (TPSA) is 71.5 Å². The Kier molecular flexibility index (Phi) is 1.74. The molecule has 90 valence electrons. The Morgan fingerprint density at radius 1 is 1.28 bits per heavy atom. The molecule has 0 amide bonds. The summed E-state index contributed by atoms with van der Waals surface area (Å²) >= 11 is 1.54. The van der Waals surface area contributed by atoms with Crippen LogP contribution in [0.4, 0.5) is 0 Å². The number of hydrogen-bond donors (Lipinski definition) is 2. The molecule has 3 N–H and O–H groups in total. The van der Waals surface area contributed by atoms with Crippen molar-refractivity contribution in [3.8, 4) is 0 Å². The van der Waals surface area contributed by atoms with Gasteiger partial charge in [-0.15, -0.1) is 11.3 Å². The Bertz CT molecular complexity index is 692. The van der Waals surface area contributed by atoms with E-state index in [0.717, 1.165) is 28.1 Å². The first-order chi connectivity index (χ1) is 8.70. The van der Waals surface area contributed by atoms with Crippen LogP contribution in [0.3, 0.4) is 0 Å². The van der Waals surface area contributed by atoms with Crippen LogP contribution in [0.5, 0.6) is 0 Å². The summed E-state index contributed by atoms with van der Waals surface area (Å²) in [4.78, 5) is 8.91. The number of hydrogen-bond acceptors (Lipinski definition) is 5. The Hall–Kier alpha value is -1.88. The van der Waals surface area contributed by atoms with Gasteiger partial charge >= 0.3 is 0 Å². The molecule has 1 aliphatic carbocycles. The van der Waals surface area contributed by atoms with Crippen LogP contribution >= 0.6 is 11.3 Å². The van der Waals surface area contributed by atoms with Gasteiger partial charge in [-0.05, 0) is 25.0 Å². The lowest BCUT2D eigenvalue weighted by Crippen LogP contribution is -2.11. The number of fused-ring (bicyclic) bond motifs is 1. The van der Waals surface area contributed by atoms with E-state index in [1.54, 1.807) is 11.3 Å². The smallest absolute Gasteiger partial charge is 0.134 e. The van der Waals surface area contributed by atoms with Gasteiger partial charge in [0.15, 0.2) is 0 Å². The molecule has 0 saturated heterocycles. The molecule has 0 unspecified atom stereocenters. The molecule has 1 aromatic carbocycles. The van der Waals surface area contributed by atoms with Gasteiger partial charge in [0.25, 0.3) is 0 Å². The minimum Gasteiger partial charge on any atom is -0.509 e. The maximum Gasteiger partial charge on any atom is 0.134 e. The molecule has 2 aliphatic rings. The van der Waals surface area contributed by atoms with Gasteiger partial charge in [-0.25, -0.2) is 4.98 Å². The molecule has 0 radical (unpaired) electrons. The summed E-state index contributed by atoms with van der Waals surface area (Å²) in [7, 11) is 0. The second-order valence-electron chi connectivity index (χ2n) is 4.74. The number of benzene rings is 1. The second kappa shape index (κ2) is 3.11. The third-order valence-corrected chi connectivity index (χ3v) is 4.55. The average Bonchev–Trinajstić information content (AvgIpc) is 2.93. The second-order valence-corrected chi connectivity index (χ2v) is 5.77. The Morgan fingerprint density at radius 2 is 2.06 bits per heavy atom. The maximum absolute atomic E-state index is 10.3. The summed E-state index contributed by atoms with van der Waals surface area (Å²) < 4.78 is 1.09. The lowest BCUT2D eigenvalue weighted by Gasteiger charge is -2.02. The van der Waals surface area contributed by atoms with Crippen LogP contribution in [0.1, 0.15) is 17.8 Å². The first kappa shape index (κ1) is 10.1. The zero-order chi connectivity index (χ0) is 12.3. The number of thiazole rings is 1. The van der Waals surface area contributed by atoms with E-state index < -0.39 is 5.54 Å². The molecule has 4 nitrogen and oxygen atoms in total. The molecule has 5 heteroatoms. The largest absolute Gasteiger partial charge is 0.509 e. The Morgan fingerprint density at radius 3 is 2.72 bits per heavy atom. The molecule has 2 aromatic rings. The molecule has 1 saturated carbocycles. The van der Waals surface area contributed by atoms with Gasteiger partial charge in [0, 0.05) is 0 Å². The van der Waals surface area contributed by atoms with Crippen molar-refractivity contribution < 1.29 is 5.11 Å². The number of amidine groups is 1. The Balaban J connectivity index is 1.93. The van der Waals surface area contributed by atoms with Crippen molar-refractivity contribution in [3.05, 3.63) is 35.0 Å². The fourth-order valence-corrected chi connectivity index (χ4v) is 3.37. The molecule has 0 atom stereocenters. The molecule has 4 rings (SSSR count). The Labute approximate surface area is 107 Å². The standard InChI is InChI=1S/C13H11N3OS/c14-11-9(10(17)13(16-11)5-6-13)12-15-7-3-1-2-4-8(7)18-12/h1-4,17H,5-6H2,(H2,14,16). The van der Waals surface area contributed by atoms with E-state index in [2.05, 4.69) is 9.98 Å². The van der Waals surface area contributed by atoms with Gasteiger partial charge in [0.2, 0.25) is 0 Å². The number of nitrogens with two attached hydrogens (primary N) is 1. The van der Waals surface area contributed by atoms with E-state index in [4.69, 9.17) is 5.73 Å². The normalized spacial score (nSPS) is 20.8. The summed E-state index contributed by atoms with van der Waals surface area (Å²) in [5.41, 5.74) is 7.10. The van der Waals surface area contributed by atoms with Crippen LogP contribution in [0.15, 0.2) is 35.0 Å². The number of aliphatic hydroxyl groups is 1. The van der Waals surface area contributed by atoms with Crippen LogP contribution in [0.2, 0.25) is 0 Å². The SMILES string of the molecule is NC1=NC2(CC2)C(O)=C1c1nc2ccccc2s1. The summed E-state index contributed by atoms with van der Waals surface area (Å²) in [6.07, 6.45) is 1.77. The fourth-order valence-electron chi connectivity index (χ4n) is 2.35. The molecular formula is C13H11N3OS. The van der Waals surface area contributed by atoms with E-state index >= 15 is 0 Å². The number of nitrogens with zero attached hydrogens (tertiary/aromatic N) is 2. The molecule has 18 heavy (non-hydrogen) atoms. The summed E-state index contributed by atoms with van der Waals surface area (Å²) in [5.74, 6) is 0.725. The predicted molar refractivity (Wildman–Crippen MR) is 72.8 cm³/mol. The van der Waals surface area contributed by atoms with E-state index in [9.17, 15) is 5.11 Å². The summed E-state index contributed by atoms with van der Waals surface area (Å²) in [6.45, 7) is 0. The van der Waals surface area contributed by atoms with Gasteiger partial charge in [0.1, 0.15) is 22.1 Å². The zero-order valence-electron chi connectivity index (χ0n) is 9.55. The van der Waals surface area contributed by atoms with Crippen molar-refractivity contribution >= 4 is 33.0 Å². The average molecular weight is 257 g/mol. The molecule has 1 fully saturated rings. The monoisotopic (exact) mass is 257 g/mol. The highest BCUT2D eigenvalue weighted by Gasteiger charge is 2.52. The zero-order valence-corrected chi connectivity index (χ0v) is 10.4. The number of aliphatic imine (C=N–C) groups is 1. The summed E-state index contributed by atoms with van der Waals surface area (Å²) in [6, 6.07) is 7.91. The molecule has 2 heterocycles. The highest BCUT2D eigenvalue weighted by Crippen LogP contribution is 2.51. The van der Waals surface area contributed by atoms with E-state index in [0.29, 0.717) is 17.2 Å². The van der Waals surface area contributed by atoms with Crippen molar-refractivity contribution in [2.75, 3.05) is 0 Å².